The van der Waals surface area contributed by atoms with Gasteiger partial charge in [0.1, 0.15) is 0 Å². The third-order valence-electron chi connectivity index (χ3n) is 3.25. The quantitative estimate of drug-likeness (QED) is 0.762. The summed E-state index contributed by atoms with van der Waals surface area (Å²) >= 11 is 0. The third kappa shape index (κ3) is 2.87. The predicted octanol–water partition coefficient (Wildman–Crippen LogP) is 4.01. The van der Waals surface area contributed by atoms with Gasteiger partial charge in [0.25, 0.3) is 0 Å². The second kappa shape index (κ2) is 5.31. The molecule has 0 aliphatic carbocycles. The minimum atomic E-state index is -0.925. The van der Waals surface area contributed by atoms with E-state index in [0.717, 1.165) is 23.3 Å². The van der Waals surface area contributed by atoms with Crippen LogP contribution in [-0.2, 0) is 6.42 Å². The SMILES string of the molecule is Cc1cccc(C(=O)Cc2ccc(F)c(F)c2)c1C. The molecule has 0 N–H and O–H groups in total. The molecule has 0 bridgehead atoms. The third-order valence-corrected chi connectivity index (χ3v) is 3.25. The van der Waals surface area contributed by atoms with E-state index in [2.05, 4.69) is 0 Å². The van der Waals surface area contributed by atoms with Crippen molar-refractivity contribution in [3.63, 3.8) is 0 Å². The minimum Gasteiger partial charge on any atom is -0.294 e. The number of carbonyl (C=O) groups is 1. The number of ketones is 1. The first-order chi connectivity index (χ1) is 8.99. The van der Waals surface area contributed by atoms with E-state index >= 15 is 0 Å². The monoisotopic (exact) mass is 260 g/mol. The molecule has 2 aromatic rings. The maximum atomic E-state index is 13.1. The van der Waals surface area contributed by atoms with E-state index in [-0.39, 0.29) is 12.2 Å². The Balaban J connectivity index is 2.26. The van der Waals surface area contributed by atoms with Gasteiger partial charge in [0.15, 0.2) is 17.4 Å². The van der Waals surface area contributed by atoms with Gasteiger partial charge in [0.2, 0.25) is 0 Å². The minimum absolute atomic E-state index is 0.0709. The van der Waals surface area contributed by atoms with Crippen LogP contribution in [-0.4, -0.2) is 5.78 Å². The Kier molecular flexibility index (Phi) is 3.74. The first-order valence-corrected chi connectivity index (χ1v) is 6.02. The average molecular weight is 260 g/mol. The Hall–Kier alpha value is -2.03. The van der Waals surface area contributed by atoms with Gasteiger partial charge in [-0.25, -0.2) is 8.78 Å². The highest BCUT2D eigenvalue weighted by atomic mass is 19.2. The molecule has 0 atom stereocenters. The number of hydrogen-bond acceptors (Lipinski definition) is 1. The molecule has 1 nitrogen and oxygen atoms in total. The number of carbonyl (C=O) groups excluding carboxylic acids is 1. The van der Waals surface area contributed by atoms with Gasteiger partial charge in [-0.1, -0.05) is 24.3 Å². The van der Waals surface area contributed by atoms with Crippen LogP contribution in [0.3, 0.4) is 0 Å². The summed E-state index contributed by atoms with van der Waals surface area (Å²) in [6.07, 6.45) is 0.0709. The van der Waals surface area contributed by atoms with E-state index in [9.17, 15) is 13.6 Å². The summed E-state index contributed by atoms with van der Waals surface area (Å²) in [7, 11) is 0. The van der Waals surface area contributed by atoms with Crippen molar-refractivity contribution in [1.82, 2.24) is 0 Å². The zero-order valence-corrected chi connectivity index (χ0v) is 10.8. The average Bonchev–Trinajstić information content (AvgIpc) is 2.37. The molecule has 3 heteroatoms. The van der Waals surface area contributed by atoms with Gasteiger partial charge in [-0.3, -0.25) is 4.79 Å². The summed E-state index contributed by atoms with van der Waals surface area (Å²) in [6.45, 7) is 3.82. The van der Waals surface area contributed by atoms with Gasteiger partial charge < -0.3 is 0 Å². The molecule has 0 saturated carbocycles. The molecule has 2 aromatic carbocycles. The molecule has 2 rings (SSSR count). The van der Waals surface area contributed by atoms with Crippen molar-refractivity contribution in [3.05, 3.63) is 70.3 Å². The van der Waals surface area contributed by atoms with Crippen LogP contribution >= 0.6 is 0 Å². The van der Waals surface area contributed by atoms with E-state index in [0.29, 0.717) is 11.1 Å². The van der Waals surface area contributed by atoms with Crippen molar-refractivity contribution in [3.8, 4) is 0 Å². The zero-order chi connectivity index (χ0) is 14.0. The van der Waals surface area contributed by atoms with Crippen molar-refractivity contribution in [2.75, 3.05) is 0 Å². The summed E-state index contributed by atoms with van der Waals surface area (Å²) < 4.78 is 25.9. The van der Waals surface area contributed by atoms with Gasteiger partial charge in [-0.2, -0.15) is 0 Å². The van der Waals surface area contributed by atoms with E-state index in [1.165, 1.54) is 6.07 Å². The number of Topliss-reactive ketones (excluding diaryl/α,β-unsaturated/α-hetero) is 1. The van der Waals surface area contributed by atoms with Crippen LogP contribution in [0.4, 0.5) is 8.78 Å². The fraction of sp³-hybridized carbons (Fsp3) is 0.188. The summed E-state index contributed by atoms with van der Waals surface area (Å²) in [5.41, 5.74) is 3.07. The fourth-order valence-electron chi connectivity index (χ4n) is 1.98. The number of aryl methyl sites for hydroxylation is 1. The molecule has 0 heterocycles. The maximum absolute atomic E-state index is 13.1. The Morgan fingerprint density at radius 3 is 2.47 bits per heavy atom. The Morgan fingerprint density at radius 1 is 1.05 bits per heavy atom. The molecule has 0 saturated heterocycles. The topological polar surface area (TPSA) is 17.1 Å². The highest BCUT2D eigenvalue weighted by Crippen LogP contribution is 2.16. The zero-order valence-electron chi connectivity index (χ0n) is 10.8. The Labute approximate surface area is 110 Å². The van der Waals surface area contributed by atoms with Gasteiger partial charge in [0.05, 0.1) is 0 Å². The highest BCUT2D eigenvalue weighted by molar-refractivity contribution is 5.99. The largest absolute Gasteiger partial charge is 0.294 e. The van der Waals surface area contributed by atoms with Crippen LogP contribution in [0.1, 0.15) is 27.0 Å². The maximum Gasteiger partial charge on any atom is 0.167 e. The molecule has 0 aliphatic heterocycles. The van der Waals surface area contributed by atoms with Crippen LogP contribution in [0.2, 0.25) is 0 Å². The van der Waals surface area contributed by atoms with Gasteiger partial charge in [-0.15, -0.1) is 0 Å². The lowest BCUT2D eigenvalue weighted by Gasteiger charge is -2.08. The lowest BCUT2D eigenvalue weighted by Crippen LogP contribution is -2.07. The van der Waals surface area contributed by atoms with Crippen molar-refractivity contribution < 1.29 is 13.6 Å². The van der Waals surface area contributed by atoms with Crippen LogP contribution in [0, 0.1) is 25.5 Å². The molecule has 19 heavy (non-hydrogen) atoms. The van der Waals surface area contributed by atoms with Crippen molar-refractivity contribution in [1.29, 1.82) is 0 Å². The number of rotatable bonds is 3. The molecule has 0 amide bonds. The molecule has 0 unspecified atom stereocenters. The molecule has 0 fully saturated rings. The highest BCUT2D eigenvalue weighted by Gasteiger charge is 2.12. The van der Waals surface area contributed by atoms with E-state index in [1.807, 2.05) is 26.0 Å². The fourth-order valence-corrected chi connectivity index (χ4v) is 1.98. The molecule has 0 aromatic heterocycles. The molecule has 98 valence electrons. The number of hydrogen-bond donors (Lipinski definition) is 0. The van der Waals surface area contributed by atoms with Gasteiger partial charge in [-0.05, 0) is 42.7 Å². The van der Waals surface area contributed by atoms with E-state index in [4.69, 9.17) is 0 Å². The van der Waals surface area contributed by atoms with Crippen molar-refractivity contribution in [2.45, 2.75) is 20.3 Å². The van der Waals surface area contributed by atoms with E-state index < -0.39 is 11.6 Å². The second-order valence-electron chi connectivity index (χ2n) is 4.60. The lowest BCUT2D eigenvalue weighted by atomic mass is 9.96. The normalized spacial score (nSPS) is 10.5. The van der Waals surface area contributed by atoms with Crippen LogP contribution in [0.5, 0.6) is 0 Å². The smallest absolute Gasteiger partial charge is 0.167 e. The second-order valence-corrected chi connectivity index (χ2v) is 4.60. The van der Waals surface area contributed by atoms with Crippen LogP contribution in [0.15, 0.2) is 36.4 Å². The summed E-state index contributed by atoms with van der Waals surface area (Å²) in [6, 6.07) is 9.05. The summed E-state index contributed by atoms with van der Waals surface area (Å²) in [5.74, 6) is -1.92. The standard InChI is InChI=1S/C16H14F2O/c1-10-4-3-5-13(11(10)2)16(19)9-12-6-7-14(17)15(18)8-12/h3-8H,9H2,1-2H3. The Bertz CT molecular complexity index is 633. The Morgan fingerprint density at radius 2 is 1.79 bits per heavy atom. The molecule has 0 radical (unpaired) electrons. The van der Waals surface area contributed by atoms with Crippen LogP contribution in [0.25, 0.3) is 0 Å². The van der Waals surface area contributed by atoms with Crippen LogP contribution < -0.4 is 0 Å². The first-order valence-electron chi connectivity index (χ1n) is 6.02. The molecular weight excluding hydrogens is 246 g/mol. The summed E-state index contributed by atoms with van der Waals surface area (Å²) in [5, 5.41) is 0. The van der Waals surface area contributed by atoms with E-state index in [1.54, 1.807) is 6.07 Å². The lowest BCUT2D eigenvalue weighted by molar-refractivity contribution is 0.0992. The molecule has 0 aliphatic rings. The van der Waals surface area contributed by atoms with Gasteiger partial charge >= 0.3 is 0 Å². The first kappa shape index (κ1) is 13.4. The molecular formula is C16H14F2O. The predicted molar refractivity (Wildman–Crippen MR) is 70.3 cm³/mol. The van der Waals surface area contributed by atoms with Gasteiger partial charge in [0, 0.05) is 12.0 Å². The number of benzene rings is 2. The number of halogens is 2. The molecule has 0 spiro atoms. The van der Waals surface area contributed by atoms with Crippen molar-refractivity contribution in [2.24, 2.45) is 0 Å². The summed E-state index contributed by atoms with van der Waals surface area (Å²) in [4.78, 5) is 12.2. The van der Waals surface area contributed by atoms with Crippen molar-refractivity contribution >= 4 is 5.78 Å².